The fraction of sp³-hybridized carbons (Fsp3) is 0.611. The number of pyridine rings is 1. The van der Waals surface area contributed by atoms with Crippen molar-refractivity contribution in [3.8, 4) is 0 Å². The van der Waals surface area contributed by atoms with Gasteiger partial charge in [-0.05, 0) is 31.7 Å². The summed E-state index contributed by atoms with van der Waals surface area (Å²) in [5, 5.41) is 0. The molecule has 2 aliphatic rings. The molecule has 1 aromatic heterocycles. The number of hydrogen-bond acceptors (Lipinski definition) is 4. The van der Waals surface area contributed by atoms with E-state index in [1.54, 1.807) is 16.8 Å². The Morgan fingerprint density at radius 3 is 2.80 bits per heavy atom. The van der Waals surface area contributed by atoms with E-state index >= 15 is 0 Å². The number of likely N-dealkylation sites (tertiary alicyclic amines) is 2. The topological polar surface area (TPSA) is 88.6 Å². The first-order valence-electron chi connectivity index (χ1n) is 9.04. The second kappa shape index (κ2) is 7.39. The highest BCUT2D eigenvalue weighted by atomic mass is 16.2. The number of fused-ring (bicyclic) bond motifs is 1. The largest absolute Gasteiger partial charge is 0.338 e. The number of aromatic nitrogens is 1. The maximum atomic E-state index is 12.8. The Labute approximate surface area is 147 Å². The lowest BCUT2D eigenvalue weighted by Crippen LogP contribution is -2.57. The molecule has 2 N–H and O–H groups in total. The quantitative estimate of drug-likeness (QED) is 0.848. The van der Waals surface area contributed by atoms with E-state index in [9.17, 15) is 14.4 Å². The molecule has 7 nitrogen and oxygen atoms in total. The van der Waals surface area contributed by atoms with E-state index in [1.165, 1.54) is 6.07 Å². The van der Waals surface area contributed by atoms with Crippen LogP contribution in [-0.4, -0.2) is 58.4 Å². The van der Waals surface area contributed by atoms with E-state index in [1.807, 2.05) is 16.7 Å². The molecule has 136 valence electrons. The van der Waals surface area contributed by atoms with Gasteiger partial charge in [-0.2, -0.15) is 0 Å². The molecule has 7 heteroatoms. The van der Waals surface area contributed by atoms with E-state index in [4.69, 9.17) is 5.73 Å². The predicted octanol–water partition coefficient (Wildman–Crippen LogP) is 0.280. The van der Waals surface area contributed by atoms with Gasteiger partial charge in [-0.25, -0.2) is 0 Å². The fourth-order valence-electron chi connectivity index (χ4n) is 4.05. The molecule has 2 amide bonds. The SMILES string of the molecule is CCn1ccc(C(=O)N2CC[C@@H]3[C@@H](CCC(=O)N3CCN)C2)cc1=O. The average Bonchev–Trinajstić information content (AvgIpc) is 2.63. The first-order chi connectivity index (χ1) is 12.0. The van der Waals surface area contributed by atoms with Gasteiger partial charge in [-0.15, -0.1) is 0 Å². The van der Waals surface area contributed by atoms with E-state index < -0.39 is 0 Å². The van der Waals surface area contributed by atoms with Crippen LogP contribution >= 0.6 is 0 Å². The van der Waals surface area contributed by atoms with Crippen LogP contribution in [0.1, 0.15) is 36.5 Å². The van der Waals surface area contributed by atoms with E-state index in [0.717, 1.165) is 12.8 Å². The number of rotatable bonds is 4. The second-order valence-electron chi connectivity index (χ2n) is 6.82. The first-order valence-corrected chi connectivity index (χ1v) is 9.04. The molecule has 1 aromatic rings. The smallest absolute Gasteiger partial charge is 0.254 e. The van der Waals surface area contributed by atoms with Crippen molar-refractivity contribution in [1.29, 1.82) is 0 Å². The Morgan fingerprint density at radius 2 is 2.12 bits per heavy atom. The zero-order chi connectivity index (χ0) is 18.0. The number of nitrogens with zero attached hydrogens (tertiary/aromatic N) is 3. The summed E-state index contributed by atoms with van der Waals surface area (Å²) in [5.41, 5.74) is 5.93. The zero-order valence-electron chi connectivity index (χ0n) is 14.7. The lowest BCUT2D eigenvalue weighted by atomic mass is 9.83. The number of carbonyl (C=O) groups is 2. The third-order valence-electron chi connectivity index (χ3n) is 5.38. The van der Waals surface area contributed by atoms with Crippen LogP contribution in [0.15, 0.2) is 23.1 Å². The maximum absolute atomic E-state index is 12.8. The summed E-state index contributed by atoms with van der Waals surface area (Å²) in [6, 6.07) is 3.31. The normalized spacial score (nSPS) is 23.5. The number of amides is 2. The molecule has 0 aliphatic carbocycles. The van der Waals surface area contributed by atoms with Gasteiger partial charge in [-0.3, -0.25) is 14.4 Å². The van der Waals surface area contributed by atoms with E-state index in [0.29, 0.717) is 44.7 Å². The van der Waals surface area contributed by atoms with Crippen molar-refractivity contribution in [2.75, 3.05) is 26.2 Å². The predicted molar refractivity (Wildman–Crippen MR) is 94.2 cm³/mol. The Kier molecular flexibility index (Phi) is 5.22. The molecule has 0 spiro atoms. The zero-order valence-corrected chi connectivity index (χ0v) is 14.7. The van der Waals surface area contributed by atoms with Crippen LogP contribution < -0.4 is 11.3 Å². The Hall–Kier alpha value is -2.15. The van der Waals surface area contributed by atoms with Gasteiger partial charge in [0.15, 0.2) is 0 Å². The molecule has 0 aromatic carbocycles. The van der Waals surface area contributed by atoms with E-state index in [-0.39, 0.29) is 29.3 Å². The Balaban J connectivity index is 1.72. The standard InChI is InChI=1S/C18H26N4O3/c1-2-20-8-5-13(11-17(20)24)18(25)21-9-6-15-14(12-21)3-4-16(23)22(15)10-7-19/h5,8,11,14-15H,2-4,6-7,9-10,12,19H2,1H3/t14-,15+/m0/s1. The highest BCUT2D eigenvalue weighted by molar-refractivity contribution is 5.94. The molecule has 2 fully saturated rings. The Morgan fingerprint density at radius 1 is 1.32 bits per heavy atom. The Bertz CT molecular complexity index is 715. The lowest BCUT2D eigenvalue weighted by Gasteiger charge is -2.47. The van der Waals surface area contributed by atoms with Crippen molar-refractivity contribution in [3.63, 3.8) is 0 Å². The fourth-order valence-corrected chi connectivity index (χ4v) is 4.05. The highest BCUT2D eigenvalue weighted by Crippen LogP contribution is 2.31. The molecule has 3 rings (SSSR count). The molecule has 3 heterocycles. The molecule has 2 saturated heterocycles. The highest BCUT2D eigenvalue weighted by Gasteiger charge is 2.40. The number of hydrogen-bond donors (Lipinski definition) is 1. The van der Waals surface area contributed by atoms with Gasteiger partial charge in [0.25, 0.3) is 11.5 Å². The summed E-state index contributed by atoms with van der Waals surface area (Å²) in [4.78, 5) is 40.6. The van der Waals surface area contributed by atoms with Gasteiger partial charge in [0.05, 0.1) is 0 Å². The van der Waals surface area contributed by atoms with Gasteiger partial charge < -0.3 is 20.1 Å². The molecule has 2 atom stereocenters. The van der Waals surface area contributed by atoms with Crippen molar-refractivity contribution in [1.82, 2.24) is 14.4 Å². The van der Waals surface area contributed by atoms with Gasteiger partial charge in [0.2, 0.25) is 5.91 Å². The summed E-state index contributed by atoms with van der Waals surface area (Å²) < 4.78 is 1.57. The van der Waals surface area contributed by atoms with Crippen molar-refractivity contribution in [2.45, 2.75) is 38.8 Å². The van der Waals surface area contributed by atoms with Gasteiger partial charge in [-0.1, -0.05) is 0 Å². The summed E-state index contributed by atoms with van der Waals surface area (Å²) >= 11 is 0. The van der Waals surface area contributed by atoms with Crippen molar-refractivity contribution in [3.05, 3.63) is 34.2 Å². The third kappa shape index (κ3) is 3.46. The first kappa shape index (κ1) is 17.7. The molecule has 2 aliphatic heterocycles. The molecule has 0 radical (unpaired) electrons. The monoisotopic (exact) mass is 346 g/mol. The molecule has 0 bridgehead atoms. The maximum Gasteiger partial charge on any atom is 0.254 e. The van der Waals surface area contributed by atoms with Crippen LogP contribution in [-0.2, 0) is 11.3 Å². The summed E-state index contributed by atoms with van der Waals surface area (Å²) in [7, 11) is 0. The summed E-state index contributed by atoms with van der Waals surface area (Å²) in [6.45, 7) is 4.77. The lowest BCUT2D eigenvalue weighted by molar-refractivity contribution is -0.140. The number of aryl methyl sites for hydroxylation is 1. The molecular formula is C18H26N4O3. The van der Waals surface area contributed by atoms with Crippen molar-refractivity contribution < 1.29 is 9.59 Å². The average molecular weight is 346 g/mol. The summed E-state index contributed by atoms with van der Waals surface area (Å²) in [6.07, 6.45) is 3.78. The van der Waals surface area contributed by atoms with Gasteiger partial charge >= 0.3 is 0 Å². The van der Waals surface area contributed by atoms with Crippen LogP contribution in [0.2, 0.25) is 0 Å². The molecule has 0 saturated carbocycles. The van der Waals surface area contributed by atoms with Gasteiger partial charge in [0, 0.05) is 63.0 Å². The molecule has 25 heavy (non-hydrogen) atoms. The van der Waals surface area contributed by atoms with Crippen LogP contribution in [0.25, 0.3) is 0 Å². The van der Waals surface area contributed by atoms with Crippen LogP contribution in [0, 0.1) is 5.92 Å². The van der Waals surface area contributed by atoms with Crippen molar-refractivity contribution >= 4 is 11.8 Å². The van der Waals surface area contributed by atoms with Crippen LogP contribution in [0.3, 0.4) is 0 Å². The minimum atomic E-state index is -0.152. The summed E-state index contributed by atoms with van der Waals surface area (Å²) in [5.74, 6) is 0.369. The minimum absolute atomic E-state index is 0.0962. The third-order valence-corrected chi connectivity index (χ3v) is 5.38. The van der Waals surface area contributed by atoms with Crippen molar-refractivity contribution in [2.24, 2.45) is 11.7 Å². The number of piperidine rings is 2. The van der Waals surface area contributed by atoms with E-state index in [2.05, 4.69) is 0 Å². The second-order valence-corrected chi connectivity index (χ2v) is 6.82. The molecular weight excluding hydrogens is 320 g/mol. The molecule has 0 unspecified atom stereocenters. The number of nitrogens with two attached hydrogens (primary N) is 1. The number of carbonyl (C=O) groups excluding carboxylic acids is 2. The van der Waals surface area contributed by atoms with Gasteiger partial charge in [0.1, 0.15) is 0 Å². The minimum Gasteiger partial charge on any atom is -0.338 e. The van der Waals surface area contributed by atoms with Crippen LogP contribution in [0.5, 0.6) is 0 Å². The van der Waals surface area contributed by atoms with Crippen LogP contribution in [0.4, 0.5) is 0 Å².